The Morgan fingerprint density at radius 1 is 1.13 bits per heavy atom. The molecule has 1 aromatic rings. The maximum Gasteiger partial charge on any atom is 0.435 e. The molecule has 1 aromatic carbocycles. The Labute approximate surface area is 180 Å². The maximum atomic E-state index is 13.0. The van der Waals surface area contributed by atoms with E-state index in [1.54, 1.807) is 6.08 Å². The third-order valence-electron chi connectivity index (χ3n) is 5.60. The van der Waals surface area contributed by atoms with Crippen LogP contribution in [0, 0.1) is 5.41 Å². The molecule has 0 spiro atoms. The van der Waals surface area contributed by atoms with Gasteiger partial charge in [0.15, 0.2) is 18.4 Å². The fraction of sp³-hybridized carbons (Fsp3) is 0.545. The molecule has 9 heteroatoms. The molecule has 2 bridgehead atoms. The molecule has 31 heavy (non-hydrogen) atoms. The fourth-order valence-electron chi connectivity index (χ4n) is 3.98. The second-order valence-electron chi connectivity index (χ2n) is 8.52. The highest BCUT2D eigenvalue weighted by atomic mass is 16.8. The first-order valence-electron chi connectivity index (χ1n) is 10.1. The molecular weight excluding hydrogens is 406 g/mol. The summed E-state index contributed by atoms with van der Waals surface area (Å²) in [6.45, 7) is 5.00. The molecule has 0 saturated carbocycles. The van der Waals surface area contributed by atoms with E-state index >= 15 is 0 Å². The molecular formula is C22H27NO8. The summed E-state index contributed by atoms with van der Waals surface area (Å²) in [5.74, 6) is -2.21. The van der Waals surface area contributed by atoms with Crippen molar-refractivity contribution in [1.82, 2.24) is 5.06 Å². The first-order chi connectivity index (χ1) is 14.8. The van der Waals surface area contributed by atoms with Gasteiger partial charge in [-0.25, -0.2) is 4.79 Å². The van der Waals surface area contributed by atoms with Crippen LogP contribution < -0.4 is 0 Å². The van der Waals surface area contributed by atoms with Gasteiger partial charge in [-0.3, -0.25) is 9.63 Å². The van der Waals surface area contributed by atoms with Crippen LogP contribution in [0.2, 0.25) is 0 Å². The second-order valence-corrected chi connectivity index (χ2v) is 8.52. The van der Waals surface area contributed by atoms with Crippen LogP contribution in [0.25, 0.3) is 0 Å². The molecule has 168 valence electrons. The molecule has 1 aliphatic carbocycles. The van der Waals surface area contributed by atoms with Crippen LogP contribution >= 0.6 is 0 Å². The summed E-state index contributed by atoms with van der Waals surface area (Å²) in [6.07, 6.45) is -1.04. The number of fused-ring (bicyclic) bond motifs is 2. The summed E-state index contributed by atoms with van der Waals surface area (Å²) >= 11 is 0. The average molecular weight is 433 g/mol. The van der Waals surface area contributed by atoms with Crippen LogP contribution in [0.15, 0.2) is 42.0 Å². The van der Waals surface area contributed by atoms with Crippen molar-refractivity contribution in [2.45, 2.75) is 44.7 Å². The Kier molecular flexibility index (Phi) is 5.89. The zero-order valence-corrected chi connectivity index (χ0v) is 18.0. The van der Waals surface area contributed by atoms with Gasteiger partial charge in [-0.05, 0) is 11.6 Å². The summed E-state index contributed by atoms with van der Waals surface area (Å²) in [5, 5.41) is 0.990. The molecule has 9 nitrogen and oxygen atoms in total. The molecule has 0 radical (unpaired) electrons. The minimum Gasteiger partial charge on any atom is -0.443 e. The van der Waals surface area contributed by atoms with E-state index in [4.69, 9.17) is 28.5 Å². The third kappa shape index (κ3) is 3.88. The number of ether oxygens (including phenoxy) is 5. The topological polar surface area (TPSA) is 92.8 Å². The van der Waals surface area contributed by atoms with Crippen LogP contribution in [0.5, 0.6) is 0 Å². The molecule has 5 rings (SSSR count). The maximum absolute atomic E-state index is 13.0. The SMILES string of the molecule is COC1(OC)C(=O)[C@@H]2C=C(C3OCC(C)(C)CO3)[C@H]1N(C(=O)OCc1ccccc1)O2. The Balaban J connectivity index is 1.61. The van der Waals surface area contributed by atoms with Gasteiger partial charge in [0.25, 0.3) is 5.79 Å². The van der Waals surface area contributed by atoms with E-state index in [9.17, 15) is 9.59 Å². The number of amides is 1. The molecule has 3 heterocycles. The lowest BCUT2D eigenvalue weighted by atomic mass is 9.82. The van der Waals surface area contributed by atoms with Gasteiger partial charge in [-0.1, -0.05) is 44.2 Å². The number of carbonyl (C=O) groups is 2. The quantitative estimate of drug-likeness (QED) is 0.516. The molecule has 4 aliphatic rings. The lowest BCUT2D eigenvalue weighted by Gasteiger charge is -2.52. The van der Waals surface area contributed by atoms with E-state index in [2.05, 4.69) is 0 Å². The Bertz CT molecular complexity index is 854. The van der Waals surface area contributed by atoms with Crippen LogP contribution in [0.1, 0.15) is 19.4 Å². The number of hydroxylamine groups is 2. The van der Waals surface area contributed by atoms with E-state index in [-0.39, 0.29) is 12.0 Å². The minimum atomic E-state index is -1.77. The summed E-state index contributed by atoms with van der Waals surface area (Å²) in [5.41, 5.74) is 1.19. The molecule has 1 amide bonds. The highest BCUT2D eigenvalue weighted by Gasteiger charge is 2.64. The highest BCUT2D eigenvalue weighted by Crippen LogP contribution is 2.43. The van der Waals surface area contributed by atoms with E-state index in [0.717, 1.165) is 10.6 Å². The predicted molar refractivity (Wildman–Crippen MR) is 106 cm³/mol. The van der Waals surface area contributed by atoms with Gasteiger partial charge in [0.2, 0.25) is 5.78 Å². The van der Waals surface area contributed by atoms with Gasteiger partial charge in [0, 0.05) is 25.2 Å². The highest BCUT2D eigenvalue weighted by molar-refractivity contribution is 5.96. The Morgan fingerprint density at radius 2 is 1.77 bits per heavy atom. The summed E-state index contributed by atoms with van der Waals surface area (Å²) in [4.78, 5) is 31.6. The standard InChI is InChI=1S/C22H27NO8/c1-21(2)12-29-19(30-13-21)15-10-16-18(24)22(26-3,27-4)17(15)23(31-16)20(25)28-11-14-8-6-5-7-9-14/h5-10,16-17,19H,11-13H2,1-4H3/t16-,17+/m0/s1. The predicted octanol–water partition coefficient (Wildman–Crippen LogP) is 2.20. The molecule has 2 saturated heterocycles. The van der Waals surface area contributed by atoms with Crippen molar-refractivity contribution < 1.29 is 38.1 Å². The van der Waals surface area contributed by atoms with E-state index in [1.165, 1.54) is 14.2 Å². The van der Waals surface area contributed by atoms with E-state index in [0.29, 0.717) is 18.8 Å². The van der Waals surface area contributed by atoms with Gasteiger partial charge in [0.1, 0.15) is 6.61 Å². The normalized spacial score (nSPS) is 27.2. The van der Waals surface area contributed by atoms with Crippen LogP contribution in [0.3, 0.4) is 0 Å². The Morgan fingerprint density at radius 3 is 2.39 bits per heavy atom. The summed E-state index contributed by atoms with van der Waals surface area (Å²) in [6, 6.07) is 8.17. The van der Waals surface area contributed by atoms with Gasteiger partial charge < -0.3 is 23.7 Å². The summed E-state index contributed by atoms with van der Waals surface area (Å²) < 4.78 is 28.3. The molecule has 2 fully saturated rings. The number of methoxy groups -OCH3 is 2. The second kappa shape index (κ2) is 8.33. The number of rotatable bonds is 5. The van der Waals surface area contributed by atoms with Gasteiger partial charge in [-0.2, -0.15) is 5.06 Å². The molecule has 2 atom stereocenters. The number of benzene rings is 1. The van der Waals surface area contributed by atoms with Crippen molar-refractivity contribution >= 4 is 11.9 Å². The molecule has 0 unspecified atom stereocenters. The van der Waals surface area contributed by atoms with Gasteiger partial charge >= 0.3 is 6.09 Å². The Hall–Kier alpha value is -2.30. The molecule has 0 aromatic heterocycles. The number of nitrogens with zero attached hydrogens (tertiary/aromatic N) is 1. The van der Waals surface area contributed by atoms with Gasteiger partial charge in [-0.15, -0.1) is 0 Å². The number of ketones is 1. The summed E-state index contributed by atoms with van der Waals surface area (Å²) in [7, 11) is 2.69. The smallest absolute Gasteiger partial charge is 0.435 e. The van der Waals surface area contributed by atoms with E-state index < -0.39 is 36.1 Å². The first kappa shape index (κ1) is 21.9. The van der Waals surface area contributed by atoms with Crippen molar-refractivity contribution in [1.29, 1.82) is 0 Å². The third-order valence-corrected chi connectivity index (χ3v) is 5.60. The van der Waals surface area contributed by atoms with Crippen LogP contribution in [-0.2, 0) is 39.9 Å². The number of hydrogen-bond acceptors (Lipinski definition) is 8. The lowest BCUT2D eigenvalue weighted by Crippen LogP contribution is -2.72. The van der Waals surface area contributed by atoms with Crippen LogP contribution in [0.4, 0.5) is 4.79 Å². The van der Waals surface area contributed by atoms with Crippen molar-refractivity contribution in [2.24, 2.45) is 5.41 Å². The number of carbonyl (C=O) groups excluding carboxylic acids is 2. The molecule has 0 N–H and O–H groups in total. The van der Waals surface area contributed by atoms with Crippen molar-refractivity contribution in [3.05, 3.63) is 47.5 Å². The lowest BCUT2D eigenvalue weighted by molar-refractivity contribution is -0.317. The zero-order chi connectivity index (χ0) is 22.2. The minimum absolute atomic E-state index is 0.0432. The zero-order valence-electron chi connectivity index (χ0n) is 18.0. The fourth-order valence-corrected chi connectivity index (χ4v) is 3.98. The van der Waals surface area contributed by atoms with E-state index in [1.807, 2.05) is 44.2 Å². The van der Waals surface area contributed by atoms with Crippen molar-refractivity contribution in [3.8, 4) is 0 Å². The van der Waals surface area contributed by atoms with Crippen molar-refractivity contribution in [2.75, 3.05) is 27.4 Å². The first-order valence-corrected chi connectivity index (χ1v) is 10.1. The average Bonchev–Trinajstić information content (AvgIpc) is 2.79. The monoisotopic (exact) mass is 433 g/mol. The molecule has 3 aliphatic heterocycles. The van der Waals surface area contributed by atoms with Crippen LogP contribution in [-0.4, -0.2) is 68.6 Å². The van der Waals surface area contributed by atoms with Crippen molar-refractivity contribution in [3.63, 3.8) is 0 Å². The largest absolute Gasteiger partial charge is 0.443 e. The number of hydrogen-bond donors (Lipinski definition) is 0. The number of Topliss-reactive ketones (excluding diaryl/α,β-unsaturated/α-hetero) is 1. The van der Waals surface area contributed by atoms with Gasteiger partial charge in [0.05, 0.1) is 13.2 Å².